The monoisotopic (exact) mass is 469 g/mol. The SMILES string of the molecule is Nc1nc2ncc(CNc3ccc(C(=O)N(C=O)[C@@H](CCC(=O)O)C(=O)O)cc3)nc2c(=O)[nH]1. The Morgan fingerprint density at radius 1 is 1.18 bits per heavy atom. The highest BCUT2D eigenvalue weighted by Gasteiger charge is 2.30. The van der Waals surface area contributed by atoms with E-state index in [0.29, 0.717) is 16.3 Å². The van der Waals surface area contributed by atoms with E-state index in [2.05, 4.69) is 25.3 Å². The van der Waals surface area contributed by atoms with Crippen LogP contribution in [0, 0.1) is 0 Å². The molecule has 2 heterocycles. The number of aliphatic carboxylic acids is 2. The van der Waals surface area contributed by atoms with Crippen molar-refractivity contribution in [1.82, 2.24) is 24.8 Å². The highest BCUT2D eigenvalue weighted by Crippen LogP contribution is 2.16. The summed E-state index contributed by atoms with van der Waals surface area (Å²) in [4.78, 5) is 73.1. The second kappa shape index (κ2) is 10.2. The van der Waals surface area contributed by atoms with Crippen molar-refractivity contribution < 1.29 is 29.4 Å². The molecule has 0 spiro atoms. The van der Waals surface area contributed by atoms with Gasteiger partial charge in [-0.3, -0.25) is 29.1 Å². The number of nitrogen functional groups attached to an aromatic ring is 1. The smallest absolute Gasteiger partial charge is 0.326 e. The fourth-order valence-corrected chi connectivity index (χ4v) is 3.03. The van der Waals surface area contributed by atoms with Crippen molar-refractivity contribution in [2.75, 3.05) is 11.1 Å². The minimum absolute atomic E-state index is 0.0271. The molecule has 176 valence electrons. The Morgan fingerprint density at radius 3 is 2.50 bits per heavy atom. The van der Waals surface area contributed by atoms with Crippen molar-refractivity contribution in [1.29, 1.82) is 0 Å². The van der Waals surface area contributed by atoms with Crippen LogP contribution in [0.2, 0.25) is 0 Å². The van der Waals surface area contributed by atoms with Crippen molar-refractivity contribution in [2.45, 2.75) is 25.4 Å². The van der Waals surface area contributed by atoms with E-state index in [0.717, 1.165) is 0 Å². The molecule has 14 heteroatoms. The van der Waals surface area contributed by atoms with Crippen LogP contribution in [-0.2, 0) is 20.9 Å². The lowest BCUT2D eigenvalue weighted by atomic mass is 10.1. The van der Waals surface area contributed by atoms with Gasteiger partial charge in [0.1, 0.15) is 6.04 Å². The van der Waals surface area contributed by atoms with Gasteiger partial charge >= 0.3 is 11.9 Å². The van der Waals surface area contributed by atoms with Gasteiger partial charge < -0.3 is 21.3 Å². The minimum Gasteiger partial charge on any atom is -0.481 e. The summed E-state index contributed by atoms with van der Waals surface area (Å²) in [5.41, 5.74) is 6.09. The van der Waals surface area contributed by atoms with Gasteiger partial charge in [-0.15, -0.1) is 0 Å². The number of carbonyl (C=O) groups is 4. The summed E-state index contributed by atoms with van der Waals surface area (Å²) in [6.07, 6.45) is 0.541. The van der Waals surface area contributed by atoms with Gasteiger partial charge in [0.2, 0.25) is 12.4 Å². The maximum Gasteiger partial charge on any atom is 0.326 e. The Morgan fingerprint density at radius 2 is 1.88 bits per heavy atom. The lowest BCUT2D eigenvalue weighted by Gasteiger charge is -2.23. The molecule has 2 amide bonds. The summed E-state index contributed by atoms with van der Waals surface area (Å²) < 4.78 is 0. The molecule has 0 aliphatic rings. The van der Waals surface area contributed by atoms with E-state index in [-0.39, 0.29) is 35.6 Å². The first kappa shape index (κ1) is 23.8. The van der Waals surface area contributed by atoms with E-state index in [4.69, 9.17) is 10.8 Å². The van der Waals surface area contributed by atoms with Crippen LogP contribution in [0.25, 0.3) is 11.2 Å². The molecule has 3 rings (SSSR count). The number of hydrogen-bond acceptors (Lipinski definition) is 10. The second-order valence-corrected chi connectivity index (χ2v) is 7.02. The molecule has 0 fully saturated rings. The number of carboxylic acids is 2. The van der Waals surface area contributed by atoms with Crippen LogP contribution in [0.1, 0.15) is 28.9 Å². The first-order valence-corrected chi connectivity index (χ1v) is 9.77. The molecular weight excluding hydrogens is 450 g/mol. The number of anilines is 2. The van der Waals surface area contributed by atoms with Crippen molar-refractivity contribution in [3.8, 4) is 0 Å². The Kier molecular flexibility index (Phi) is 7.10. The lowest BCUT2D eigenvalue weighted by molar-refractivity contribution is -0.146. The number of nitrogens with two attached hydrogens (primary N) is 1. The molecule has 3 aromatic rings. The first-order chi connectivity index (χ1) is 16.2. The molecule has 0 unspecified atom stereocenters. The molecule has 2 aromatic heterocycles. The quantitative estimate of drug-likeness (QED) is 0.244. The third kappa shape index (κ3) is 5.48. The zero-order valence-corrected chi connectivity index (χ0v) is 17.5. The van der Waals surface area contributed by atoms with Crippen LogP contribution in [0.4, 0.5) is 11.6 Å². The van der Waals surface area contributed by atoms with Crippen molar-refractivity contribution in [3.63, 3.8) is 0 Å². The van der Waals surface area contributed by atoms with E-state index >= 15 is 0 Å². The standard InChI is InChI=1S/C20H19N7O7/c21-20-25-16-15(17(31)26-20)24-12(8-23-16)7-22-11-3-1-10(2-4-11)18(32)27(9-28)13(19(33)34)5-6-14(29)30/h1-4,8-9,13,22H,5-7H2,(H,29,30)(H,33,34)(H3,21,23,25,26,31)/t13-/m0/s1. The fraction of sp³-hybridized carbons (Fsp3) is 0.200. The van der Waals surface area contributed by atoms with Crippen LogP contribution in [-0.4, -0.2) is 65.3 Å². The topological polar surface area (TPSA) is 222 Å². The van der Waals surface area contributed by atoms with Crippen molar-refractivity contribution in [2.24, 2.45) is 0 Å². The molecular formula is C20H19N7O7. The van der Waals surface area contributed by atoms with Gasteiger partial charge in [0.25, 0.3) is 11.5 Å². The molecule has 0 saturated heterocycles. The second-order valence-electron chi connectivity index (χ2n) is 7.02. The van der Waals surface area contributed by atoms with E-state index < -0.39 is 42.3 Å². The number of nitrogens with one attached hydrogen (secondary N) is 2. The molecule has 6 N–H and O–H groups in total. The largest absolute Gasteiger partial charge is 0.481 e. The van der Waals surface area contributed by atoms with Crippen LogP contribution < -0.4 is 16.6 Å². The van der Waals surface area contributed by atoms with E-state index in [1.54, 1.807) is 0 Å². The molecule has 14 nitrogen and oxygen atoms in total. The number of nitrogens with zero attached hydrogens (tertiary/aromatic N) is 4. The summed E-state index contributed by atoms with van der Waals surface area (Å²) in [6.45, 7) is 0.177. The zero-order chi connectivity index (χ0) is 24.8. The van der Waals surface area contributed by atoms with Crippen LogP contribution in [0.3, 0.4) is 0 Å². The van der Waals surface area contributed by atoms with Gasteiger partial charge in [0.05, 0.1) is 18.4 Å². The number of aromatic nitrogens is 4. The van der Waals surface area contributed by atoms with Crippen LogP contribution >= 0.6 is 0 Å². The highest BCUT2D eigenvalue weighted by molar-refractivity contribution is 6.02. The third-order valence-electron chi connectivity index (χ3n) is 4.69. The lowest BCUT2D eigenvalue weighted by Crippen LogP contribution is -2.44. The number of H-pyrrole nitrogens is 1. The van der Waals surface area contributed by atoms with Gasteiger partial charge in [0, 0.05) is 17.7 Å². The third-order valence-corrected chi connectivity index (χ3v) is 4.69. The molecule has 1 aromatic carbocycles. The predicted octanol–water partition coefficient (Wildman–Crippen LogP) is -0.176. The minimum atomic E-state index is -1.61. The van der Waals surface area contributed by atoms with Crippen molar-refractivity contribution >= 4 is 47.1 Å². The zero-order valence-electron chi connectivity index (χ0n) is 17.5. The molecule has 0 radical (unpaired) electrons. The molecule has 0 aliphatic carbocycles. The number of carbonyl (C=O) groups excluding carboxylic acids is 2. The maximum absolute atomic E-state index is 12.6. The normalized spacial score (nSPS) is 11.5. The summed E-state index contributed by atoms with van der Waals surface area (Å²) in [6, 6.07) is 4.18. The van der Waals surface area contributed by atoms with Crippen molar-refractivity contribution in [3.05, 3.63) is 52.1 Å². The van der Waals surface area contributed by atoms with Crippen LogP contribution in [0.15, 0.2) is 35.3 Å². The Bertz CT molecular complexity index is 1310. The molecule has 34 heavy (non-hydrogen) atoms. The summed E-state index contributed by atoms with van der Waals surface area (Å²) in [5.74, 6) is -3.70. The van der Waals surface area contributed by atoms with Gasteiger partial charge in [-0.25, -0.2) is 14.8 Å². The Hall–Kier alpha value is -4.88. The summed E-state index contributed by atoms with van der Waals surface area (Å²) in [5, 5.41) is 21.1. The van der Waals surface area contributed by atoms with Gasteiger partial charge in [-0.1, -0.05) is 0 Å². The van der Waals surface area contributed by atoms with E-state index in [1.807, 2.05) is 0 Å². The number of aromatic amines is 1. The number of hydrogen-bond donors (Lipinski definition) is 5. The predicted molar refractivity (Wildman–Crippen MR) is 117 cm³/mol. The molecule has 0 saturated carbocycles. The maximum atomic E-state index is 12.6. The average molecular weight is 469 g/mol. The highest BCUT2D eigenvalue weighted by atomic mass is 16.4. The van der Waals surface area contributed by atoms with Crippen LogP contribution in [0.5, 0.6) is 0 Å². The molecule has 0 bridgehead atoms. The fourth-order valence-electron chi connectivity index (χ4n) is 3.03. The Labute approximate surface area is 190 Å². The van der Waals surface area contributed by atoms with Gasteiger partial charge in [0.15, 0.2) is 11.2 Å². The average Bonchev–Trinajstić information content (AvgIpc) is 2.80. The number of rotatable bonds is 10. The number of amides is 2. The molecule has 1 atom stereocenters. The van der Waals surface area contributed by atoms with Gasteiger partial charge in [-0.2, -0.15) is 4.98 Å². The first-order valence-electron chi connectivity index (χ1n) is 9.77. The number of imide groups is 1. The van der Waals surface area contributed by atoms with E-state index in [9.17, 15) is 29.1 Å². The number of benzene rings is 1. The number of fused-ring (bicyclic) bond motifs is 1. The Balaban J connectivity index is 1.70. The van der Waals surface area contributed by atoms with Gasteiger partial charge in [-0.05, 0) is 30.7 Å². The summed E-state index contributed by atoms with van der Waals surface area (Å²) in [7, 11) is 0. The summed E-state index contributed by atoms with van der Waals surface area (Å²) >= 11 is 0. The van der Waals surface area contributed by atoms with E-state index in [1.165, 1.54) is 30.5 Å². The molecule has 0 aliphatic heterocycles. The number of carboxylic acid groups (broad SMARTS) is 2.